The van der Waals surface area contributed by atoms with Crippen LogP contribution in [0, 0.1) is 0 Å². The monoisotopic (exact) mass is 466 g/mol. The third-order valence-corrected chi connectivity index (χ3v) is 4.97. The Hall–Kier alpha value is -2.03. The van der Waals surface area contributed by atoms with Crippen molar-refractivity contribution in [3.05, 3.63) is 58.6 Å². The molecule has 0 fully saturated rings. The minimum Gasteiger partial charge on any atom is -0.491 e. The van der Waals surface area contributed by atoms with Gasteiger partial charge in [-0.3, -0.25) is 9.59 Å². The first-order valence-electron chi connectivity index (χ1n) is 8.67. The van der Waals surface area contributed by atoms with E-state index in [2.05, 4.69) is 26.6 Å². The van der Waals surface area contributed by atoms with Crippen LogP contribution in [0.25, 0.3) is 0 Å². The number of hydrogen-bond acceptors (Lipinski definition) is 5. The number of carbonyl (C=O) groups excluding carboxylic acids is 2. The molecule has 0 heterocycles. The number of carbonyl (C=O) groups is 2. The molecule has 28 heavy (non-hydrogen) atoms. The van der Waals surface area contributed by atoms with Crippen molar-refractivity contribution in [2.24, 2.45) is 0 Å². The van der Waals surface area contributed by atoms with Gasteiger partial charge >= 0.3 is 0 Å². The smallest absolute Gasteiger partial charge is 0.234 e. The van der Waals surface area contributed by atoms with Gasteiger partial charge in [0.15, 0.2) is 0 Å². The van der Waals surface area contributed by atoms with Crippen LogP contribution in [-0.4, -0.2) is 43.6 Å². The Bertz CT molecular complexity index is 771. The normalized spacial score (nSPS) is 10.4. The molecule has 0 aromatic heterocycles. The predicted octanol–water partition coefficient (Wildman–Crippen LogP) is 3.46. The summed E-state index contributed by atoms with van der Waals surface area (Å²) in [6.07, 6.45) is 0. The number of anilines is 1. The van der Waals surface area contributed by atoms with Crippen molar-refractivity contribution in [3.63, 3.8) is 0 Å². The lowest BCUT2D eigenvalue weighted by Gasteiger charge is -2.08. The summed E-state index contributed by atoms with van der Waals surface area (Å²) in [5.41, 5.74) is 1.70. The van der Waals surface area contributed by atoms with Crippen LogP contribution in [0.2, 0.25) is 0 Å². The fourth-order valence-corrected chi connectivity index (χ4v) is 3.24. The highest BCUT2D eigenvalue weighted by Crippen LogP contribution is 2.16. The number of ether oxygens (including phenoxy) is 2. The Balaban J connectivity index is 1.62. The van der Waals surface area contributed by atoms with Gasteiger partial charge in [-0.25, -0.2) is 0 Å². The largest absolute Gasteiger partial charge is 0.491 e. The molecule has 0 radical (unpaired) electrons. The molecule has 150 valence electrons. The molecule has 0 aliphatic rings. The molecule has 0 saturated carbocycles. The van der Waals surface area contributed by atoms with E-state index in [-0.39, 0.29) is 23.3 Å². The zero-order chi connectivity index (χ0) is 20.2. The number of hydrogen-bond donors (Lipinski definition) is 2. The van der Waals surface area contributed by atoms with Gasteiger partial charge in [0.25, 0.3) is 0 Å². The van der Waals surface area contributed by atoms with E-state index in [0.717, 1.165) is 21.5 Å². The van der Waals surface area contributed by atoms with Crippen molar-refractivity contribution in [3.8, 4) is 5.75 Å². The highest BCUT2D eigenvalue weighted by atomic mass is 79.9. The topological polar surface area (TPSA) is 76.7 Å². The Morgan fingerprint density at radius 2 is 1.79 bits per heavy atom. The highest BCUT2D eigenvalue weighted by Gasteiger charge is 2.07. The average molecular weight is 467 g/mol. The molecule has 8 heteroatoms. The van der Waals surface area contributed by atoms with Crippen molar-refractivity contribution in [2.45, 2.75) is 6.54 Å². The summed E-state index contributed by atoms with van der Waals surface area (Å²) in [7, 11) is 1.63. The van der Waals surface area contributed by atoms with Gasteiger partial charge in [0.05, 0.1) is 18.1 Å². The molecule has 0 spiro atoms. The van der Waals surface area contributed by atoms with Crippen LogP contribution in [0.5, 0.6) is 5.75 Å². The van der Waals surface area contributed by atoms with Crippen molar-refractivity contribution >= 4 is 45.2 Å². The number of nitrogens with one attached hydrogen (secondary N) is 2. The van der Waals surface area contributed by atoms with E-state index in [1.165, 1.54) is 11.8 Å². The third kappa shape index (κ3) is 8.77. The van der Waals surface area contributed by atoms with E-state index in [1.54, 1.807) is 7.11 Å². The number of methoxy groups -OCH3 is 1. The molecule has 6 nitrogen and oxygen atoms in total. The van der Waals surface area contributed by atoms with Crippen LogP contribution in [-0.2, 0) is 20.9 Å². The number of rotatable bonds is 11. The fraction of sp³-hybridized carbons (Fsp3) is 0.300. The van der Waals surface area contributed by atoms with Gasteiger partial charge in [-0.2, -0.15) is 0 Å². The third-order valence-electron chi connectivity index (χ3n) is 3.54. The SMILES string of the molecule is COCCOc1ccc(CNC(=O)CSCC(=O)Nc2cccc(Br)c2)cc1. The lowest BCUT2D eigenvalue weighted by molar-refractivity contribution is -0.118. The van der Waals surface area contributed by atoms with Gasteiger partial charge in [0, 0.05) is 23.8 Å². The first kappa shape index (κ1) is 22.3. The maximum Gasteiger partial charge on any atom is 0.234 e. The molecule has 2 N–H and O–H groups in total. The van der Waals surface area contributed by atoms with E-state index in [4.69, 9.17) is 9.47 Å². The van der Waals surface area contributed by atoms with E-state index in [1.807, 2.05) is 48.5 Å². The second-order valence-electron chi connectivity index (χ2n) is 5.81. The van der Waals surface area contributed by atoms with E-state index < -0.39 is 0 Å². The van der Waals surface area contributed by atoms with Gasteiger partial charge in [-0.05, 0) is 35.9 Å². The molecule has 0 aliphatic heterocycles. The first-order valence-corrected chi connectivity index (χ1v) is 10.6. The van der Waals surface area contributed by atoms with Crippen LogP contribution >= 0.6 is 27.7 Å². The van der Waals surface area contributed by atoms with Gasteiger partial charge in [-0.15, -0.1) is 11.8 Å². The van der Waals surface area contributed by atoms with Gasteiger partial charge in [-0.1, -0.05) is 34.1 Å². The number of benzene rings is 2. The van der Waals surface area contributed by atoms with E-state index >= 15 is 0 Å². The molecule has 2 amide bonds. The zero-order valence-electron chi connectivity index (χ0n) is 15.6. The number of halogens is 1. The van der Waals surface area contributed by atoms with Gasteiger partial charge < -0.3 is 20.1 Å². The van der Waals surface area contributed by atoms with Crippen LogP contribution in [0.1, 0.15) is 5.56 Å². The number of amides is 2. The van der Waals surface area contributed by atoms with Crippen LogP contribution in [0.15, 0.2) is 53.0 Å². The maximum absolute atomic E-state index is 11.9. The summed E-state index contributed by atoms with van der Waals surface area (Å²) in [4.78, 5) is 23.8. The van der Waals surface area contributed by atoms with Crippen molar-refractivity contribution in [2.75, 3.05) is 37.1 Å². The molecular weight excluding hydrogens is 444 g/mol. The van der Waals surface area contributed by atoms with Crippen molar-refractivity contribution < 1.29 is 19.1 Å². The van der Waals surface area contributed by atoms with E-state index in [9.17, 15) is 9.59 Å². The molecule has 0 unspecified atom stereocenters. The molecule has 2 aromatic carbocycles. The fourth-order valence-electron chi connectivity index (χ4n) is 2.20. The van der Waals surface area contributed by atoms with Crippen molar-refractivity contribution in [1.82, 2.24) is 5.32 Å². The Kier molecular flexibility index (Phi) is 9.88. The Labute approximate surface area is 177 Å². The molecule has 0 bridgehead atoms. The van der Waals surface area contributed by atoms with Gasteiger partial charge in [0.1, 0.15) is 12.4 Å². The Morgan fingerprint density at radius 3 is 2.50 bits per heavy atom. The van der Waals surface area contributed by atoms with Crippen molar-refractivity contribution in [1.29, 1.82) is 0 Å². The zero-order valence-corrected chi connectivity index (χ0v) is 18.0. The Morgan fingerprint density at radius 1 is 1.04 bits per heavy atom. The summed E-state index contributed by atoms with van der Waals surface area (Å²) < 4.78 is 11.3. The second-order valence-corrected chi connectivity index (χ2v) is 7.71. The summed E-state index contributed by atoms with van der Waals surface area (Å²) >= 11 is 4.63. The minimum atomic E-state index is -0.139. The highest BCUT2D eigenvalue weighted by molar-refractivity contribution is 9.10. The molecule has 0 saturated heterocycles. The maximum atomic E-state index is 11.9. The van der Waals surface area contributed by atoms with Gasteiger partial charge in [0.2, 0.25) is 11.8 Å². The number of thioether (sulfide) groups is 1. The quantitative estimate of drug-likeness (QED) is 0.495. The lowest BCUT2D eigenvalue weighted by atomic mass is 10.2. The summed E-state index contributed by atoms with van der Waals surface area (Å²) in [5, 5.41) is 5.64. The molecule has 0 aliphatic carbocycles. The molecule has 0 atom stereocenters. The molecule has 2 aromatic rings. The molecule has 2 rings (SSSR count). The molecular formula is C20H23BrN2O4S. The van der Waals surface area contributed by atoms with E-state index in [0.29, 0.717) is 19.8 Å². The minimum absolute atomic E-state index is 0.110. The standard InChI is InChI=1S/C20H23BrN2O4S/c1-26-9-10-27-18-7-5-15(6-8-18)12-22-19(24)13-28-14-20(25)23-17-4-2-3-16(21)11-17/h2-8,11H,9-10,12-14H2,1H3,(H,22,24)(H,23,25). The summed E-state index contributed by atoms with van der Waals surface area (Å²) in [6.45, 7) is 1.47. The van der Waals surface area contributed by atoms with Crippen LogP contribution in [0.3, 0.4) is 0 Å². The average Bonchev–Trinajstić information content (AvgIpc) is 2.67. The first-order chi connectivity index (χ1) is 13.6. The summed E-state index contributed by atoms with van der Waals surface area (Å²) in [6, 6.07) is 14.9. The van der Waals surface area contributed by atoms with Crippen LogP contribution in [0.4, 0.5) is 5.69 Å². The summed E-state index contributed by atoms with van der Waals surface area (Å²) in [5.74, 6) is 0.956. The lowest BCUT2D eigenvalue weighted by Crippen LogP contribution is -2.25. The van der Waals surface area contributed by atoms with Crippen LogP contribution < -0.4 is 15.4 Å². The predicted molar refractivity (Wildman–Crippen MR) is 116 cm³/mol. The second kappa shape index (κ2) is 12.4.